The molecule has 0 spiro atoms. The van der Waals surface area contributed by atoms with Crippen LogP contribution in [0.1, 0.15) is 84.5 Å². The molecule has 0 aliphatic heterocycles. The van der Waals surface area contributed by atoms with Crippen LogP contribution in [-0.2, 0) is 14.3 Å². The van der Waals surface area contributed by atoms with Gasteiger partial charge in [0.05, 0.1) is 12.8 Å². The Labute approximate surface area is 145 Å². The molecule has 23 heavy (non-hydrogen) atoms. The van der Waals surface area contributed by atoms with Crippen molar-refractivity contribution >= 4 is 23.7 Å². The molecule has 0 aromatic carbocycles. The van der Waals surface area contributed by atoms with Crippen LogP contribution in [0.3, 0.4) is 0 Å². The third-order valence-corrected chi connectivity index (χ3v) is 4.78. The van der Waals surface area contributed by atoms with E-state index in [1.165, 1.54) is 50.3 Å². The SMILES string of the molecule is CCCCCCCCCC(CC)OC(=O)CCSCCC(=O)O. The average Bonchev–Trinajstić information content (AvgIpc) is 2.52. The Balaban J connectivity index is 3.58. The van der Waals surface area contributed by atoms with Gasteiger partial charge >= 0.3 is 11.9 Å². The molecule has 0 bridgehead atoms. The van der Waals surface area contributed by atoms with E-state index in [1.807, 2.05) is 0 Å². The number of aliphatic carboxylic acids is 1. The van der Waals surface area contributed by atoms with Gasteiger partial charge in [0.1, 0.15) is 6.10 Å². The predicted molar refractivity (Wildman–Crippen MR) is 97.0 cm³/mol. The van der Waals surface area contributed by atoms with Crippen molar-refractivity contribution in [2.45, 2.75) is 90.6 Å². The Hall–Kier alpha value is -0.710. The molecule has 0 heterocycles. The molecule has 0 fully saturated rings. The summed E-state index contributed by atoms with van der Waals surface area (Å²) in [6.45, 7) is 4.28. The van der Waals surface area contributed by atoms with Crippen LogP contribution in [0, 0.1) is 0 Å². The number of hydrogen-bond donors (Lipinski definition) is 1. The zero-order chi connectivity index (χ0) is 17.3. The number of rotatable bonds is 16. The standard InChI is InChI=1S/C18H34O4S/c1-3-5-6-7-8-9-10-11-16(4-2)22-18(21)13-15-23-14-12-17(19)20/h16H,3-15H2,1-2H3,(H,19,20). The van der Waals surface area contributed by atoms with Crippen molar-refractivity contribution in [3.63, 3.8) is 0 Å². The summed E-state index contributed by atoms with van der Waals surface area (Å²) in [5.74, 6) is 0.251. The molecule has 1 N–H and O–H groups in total. The maximum Gasteiger partial charge on any atom is 0.306 e. The number of carboxylic acid groups (broad SMARTS) is 1. The number of unbranched alkanes of at least 4 members (excludes halogenated alkanes) is 6. The van der Waals surface area contributed by atoms with E-state index in [9.17, 15) is 9.59 Å². The molecule has 0 radical (unpaired) electrons. The first-order chi connectivity index (χ1) is 11.1. The summed E-state index contributed by atoms with van der Waals surface area (Å²) in [5.41, 5.74) is 0. The summed E-state index contributed by atoms with van der Waals surface area (Å²) < 4.78 is 5.50. The Morgan fingerprint density at radius 1 is 0.957 bits per heavy atom. The van der Waals surface area contributed by atoms with Gasteiger partial charge < -0.3 is 9.84 Å². The lowest BCUT2D eigenvalue weighted by molar-refractivity contribution is -0.149. The fourth-order valence-electron chi connectivity index (χ4n) is 2.34. The minimum atomic E-state index is -0.791. The second kappa shape index (κ2) is 16.2. The summed E-state index contributed by atoms with van der Waals surface area (Å²) >= 11 is 1.49. The second-order valence-electron chi connectivity index (χ2n) is 5.94. The summed E-state index contributed by atoms with van der Waals surface area (Å²) in [7, 11) is 0. The number of ether oxygens (including phenoxy) is 1. The minimum absolute atomic E-state index is 0.0437. The van der Waals surface area contributed by atoms with E-state index in [2.05, 4.69) is 13.8 Å². The molecule has 0 rings (SSSR count). The predicted octanol–water partition coefficient (Wildman–Crippen LogP) is 5.05. The van der Waals surface area contributed by atoms with Crippen molar-refractivity contribution < 1.29 is 19.4 Å². The van der Waals surface area contributed by atoms with Crippen LogP contribution in [0.5, 0.6) is 0 Å². The van der Waals surface area contributed by atoms with Crippen LogP contribution in [0.15, 0.2) is 0 Å². The Morgan fingerprint density at radius 3 is 2.17 bits per heavy atom. The van der Waals surface area contributed by atoms with Crippen molar-refractivity contribution in [3.8, 4) is 0 Å². The average molecular weight is 347 g/mol. The highest BCUT2D eigenvalue weighted by atomic mass is 32.2. The molecule has 5 heteroatoms. The maximum absolute atomic E-state index is 11.8. The van der Waals surface area contributed by atoms with Crippen molar-refractivity contribution in [1.82, 2.24) is 0 Å². The van der Waals surface area contributed by atoms with Crippen LogP contribution >= 0.6 is 11.8 Å². The van der Waals surface area contributed by atoms with Crippen molar-refractivity contribution in [1.29, 1.82) is 0 Å². The monoisotopic (exact) mass is 346 g/mol. The highest BCUT2D eigenvalue weighted by Crippen LogP contribution is 2.14. The van der Waals surface area contributed by atoms with Gasteiger partial charge in [-0.2, -0.15) is 11.8 Å². The molecular weight excluding hydrogens is 312 g/mol. The smallest absolute Gasteiger partial charge is 0.306 e. The van der Waals surface area contributed by atoms with Gasteiger partial charge in [-0.25, -0.2) is 0 Å². The highest BCUT2D eigenvalue weighted by Gasteiger charge is 2.12. The molecule has 0 aliphatic rings. The molecule has 1 atom stereocenters. The first kappa shape index (κ1) is 22.3. The third kappa shape index (κ3) is 15.9. The first-order valence-electron chi connectivity index (χ1n) is 9.09. The summed E-state index contributed by atoms with van der Waals surface area (Å²) in [5, 5.41) is 8.53. The Kier molecular flexibility index (Phi) is 15.7. The van der Waals surface area contributed by atoms with Crippen LogP contribution in [0.25, 0.3) is 0 Å². The molecule has 0 amide bonds. The van der Waals surface area contributed by atoms with E-state index in [0.717, 1.165) is 19.3 Å². The molecule has 1 unspecified atom stereocenters. The van der Waals surface area contributed by atoms with Gasteiger partial charge in [-0.3, -0.25) is 9.59 Å². The van der Waals surface area contributed by atoms with Crippen LogP contribution < -0.4 is 0 Å². The van der Waals surface area contributed by atoms with E-state index in [1.54, 1.807) is 0 Å². The van der Waals surface area contributed by atoms with Gasteiger partial charge in [-0.15, -0.1) is 0 Å². The van der Waals surface area contributed by atoms with Crippen LogP contribution in [0.4, 0.5) is 0 Å². The molecule has 0 aliphatic carbocycles. The van der Waals surface area contributed by atoms with Crippen LogP contribution in [0.2, 0.25) is 0 Å². The van der Waals surface area contributed by atoms with Gasteiger partial charge in [-0.1, -0.05) is 52.4 Å². The van der Waals surface area contributed by atoms with E-state index in [0.29, 0.717) is 17.9 Å². The molecule has 136 valence electrons. The summed E-state index contributed by atoms with van der Waals surface area (Å²) in [4.78, 5) is 22.1. The number of thioether (sulfide) groups is 1. The molecule has 0 saturated heterocycles. The lowest BCUT2D eigenvalue weighted by atomic mass is 10.1. The molecule has 0 aromatic heterocycles. The maximum atomic E-state index is 11.8. The van der Waals surface area contributed by atoms with Crippen LogP contribution in [-0.4, -0.2) is 34.7 Å². The molecule has 0 saturated carbocycles. The number of carbonyl (C=O) groups is 2. The highest BCUT2D eigenvalue weighted by molar-refractivity contribution is 7.99. The van der Waals surface area contributed by atoms with Gasteiger partial charge in [-0.05, 0) is 19.3 Å². The minimum Gasteiger partial charge on any atom is -0.481 e. The van der Waals surface area contributed by atoms with E-state index in [4.69, 9.17) is 9.84 Å². The first-order valence-corrected chi connectivity index (χ1v) is 10.2. The van der Waals surface area contributed by atoms with Gasteiger partial charge in [0.2, 0.25) is 0 Å². The Morgan fingerprint density at radius 2 is 1.57 bits per heavy atom. The second-order valence-corrected chi connectivity index (χ2v) is 7.16. The van der Waals surface area contributed by atoms with Crippen molar-refractivity contribution in [2.75, 3.05) is 11.5 Å². The quantitative estimate of drug-likeness (QED) is 0.313. The van der Waals surface area contributed by atoms with Crippen molar-refractivity contribution in [3.05, 3.63) is 0 Å². The lowest BCUT2D eigenvalue weighted by Gasteiger charge is -2.16. The molecular formula is C18H34O4S. The number of carbonyl (C=O) groups excluding carboxylic acids is 1. The number of esters is 1. The molecule has 0 aromatic rings. The topological polar surface area (TPSA) is 63.6 Å². The fraction of sp³-hybridized carbons (Fsp3) is 0.889. The van der Waals surface area contributed by atoms with Gasteiger partial charge in [0, 0.05) is 11.5 Å². The van der Waals surface area contributed by atoms with Crippen molar-refractivity contribution in [2.24, 2.45) is 0 Å². The summed E-state index contributed by atoms with van der Waals surface area (Å²) in [6.07, 6.45) is 11.3. The van der Waals surface area contributed by atoms with E-state index < -0.39 is 5.97 Å². The van der Waals surface area contributed by atoms with Gasteiger partial charge in [0.15, 0.2) is 0 Å². The fourth-order valence-corrected chi connectivity index (χ4v) is 3.17. The zero-order valence-corrected chi connectivity index (χ0v) is 15.7. The Bertz CT molecular complexity index is 307. The third-order valence-electron chi connectivity index (χ3n) is 3.79. The van der Waals surface area contributed by atoms with Gasteiger partial charge in [0.25, 0.3) is 0 Å². The summed E-state index contributed by atoms with van der Waals surface area (Å²) in [6, 6.07) is 0. The molecule has 4 nitrogen and oxygen atoms in total. The normalized spacial score (nSPS) is 12.1. The van der Waals surface area contributed by atoms with E-state index >= 15 is 0 Å². The van der Waals surface area contributed by atoms with E-state index in [-0.39, 0.29) is 18.5 Å². The number of carboxylic acids is 1. The largest absolute Gasteiger partial charge is 0.481 e. The zero-order valence-electron chi connectivity index (χ0n) is 14.8. The number of hydrogen-bond acceptors (Lipinski definition) is 4. The lowest BCUT2D eigenvalue weighted by Crippen LogP contribution is -2.18.